The van der Waals surface area contributed by atoms with Gasteiger partial charge in [-0.1, -0.05) is 0 Å². The average molecular weight is 328 g/mol. The first-order chi connectivity index (χ1) is 3.18. The molecule has 2 nitrogen and oxygen atoms in total. The summed E-state index contributed by atoms with van der Waals surface area (Å²) in [5, 5.41) is 0. The fourth-order valence-corrected chi connectivity index (χ4v) is 2.11. The van der Waals surface area contributed by atoms with Crippen molar-refractivity contribution in [2.45, 2.75) is 4.05 Å². The van der Waals surface area contributed by atoms with E-state index in [0.29, 0.717) is 10.6 Å². The van der Waals surface area contributed by atoms with E-state index in [4.69, 9.17) is 11.5 Å². The van der Waals surface area contributed by atoms with Crippen molar-refractivity contribution in [2.24, 2.45) is 11.5 Å². The second kappa shape index (κ2) is 4.28. The van der Waals surface area contributed by atoms with Crippen LogP contribution in [0.4, 0.5) is 0 Å². The standard InChI is InChI=1S/C3H10I2N2/c1-5(4)3(7)2-6/h3H,2,6-7H2,1H3. The van der Waals surface area contributed by atoms with Gasteiger partial charge in [0.15, 0.2) is 0 Å². The van der Waals surface area contributed by atoms with E-state index in [-0.39, 0.29) is 0 Å². The van der Waals surface area contributed by atoms with E-state index in [2.05, 4.69) is 23.5 Å². The molecule has 0 heterocycles. The van der Waals surface area contributed by atoms with E-state index in [0.717, 1.165) is 0 Å². The van der Waals surface area contributed by atoms with Crippen LogP contribution in [0, 0.1) is 0 Å². The summed E-state index contributed by atoms with van der Waals surface area (Å²) < 4.78 is 0.324. The first-order valence-electron chi connectivity index (χ1n) is 1.89. The van der Waals surface area contributed by atoms with Gasteiger partial charge in [-0.2, -0.15) is 0 Å². The zero-order valence-corrected chi connectivity index (χ0v) is 8.51. The van der Waals surface area contributed by atoms with Crippen molar-refractivity contribution in [2.75, 3.05) is 11.5 Å². The SMILES string of the molecule is CI(I)C(N)CN. The van der Waals surface area contributed by atoms with Crippen LogP contribution in [0.3, 0.4) is 0 Å². The molecule has 4 heteroatoms. The number of alkyl halides is 2. The van der Waals surface area contributed by atoms with Crippen LogP contribution in [-0.2, 0) is 0 Å². The van der Waals surface area contributed by atoms with E-state index in [1.54, 1.807) is 0 Å². The van der Waals surface area contributed by atoms with Gasteiger partial charge >= 0.3 is 61.5 Å². The fraction of sp³-hybridized carbons (Fsp3) is 1.00. The predicted octanol–water partition coefficient (Wildman–Crippen LogP) is 0.716. The van der Waals surface area contributed by atoms with Crippen molar-refractivity contribution < 1.29 is 0 Å². The summed E-state index contributed by atoms with van der Waals surface area (Å²) in [5.41, 5.74) is 10.8. The Balaban J connectivity index is 3.14. The molecular weight excluding hydrogens is 318 g/mol. The topological polar surface area (TPSA) is 52.0 Å². The van der Waals surface area contributed by atoms with Crippen LogP contribution in [0.1, 0.15) is 0 Å². The molecule has 0 aliphatic heterocycles. The van der Waals surface area contributed by atoms with Crippen molar-refractivity contribution in [3.63, 3.8) is 0 Å². The molecule has 1 atom stereocenters. The van der Waals surface area contributed by atoms with E-state index in [1.165, 1.54) is 0 Å². The summed E-state index contributed by atoms with van der Waals surface area (Å²) in [7, 11) is 0. The molecule has 0 aromatic rings. The molecule has 0 aliphatic rings. The molecule has 0 aliphatic carbocycles. The Labute approximate surface area is 61.0 Å². The third-order valence-corrected chi connectivity index (χ3v) is 7.38. The van der Waals surface area contributed by atoms with Gasteiger partial charge in [-0.3, -0.25) is 0 Å². The summed E-state index contributed by atoms with van der Waals surface area (Å²) >= 11 is 1.63. The van der Waals surface area contributed by atoms with Gasteiger partial charge in [0.2, 0.25) is 0 Å². The molecule has 0 amide bonds. The molecular formula is C3H10I2N2. The van der Waals surface area contributed by atoms with Crippen LogP contribution < -0.4 is 11.5 Å². The van der Waals surface area contributed by atoms with Gasteiger partial charge in [-0.05, 0) is 0 Å². The minimum absolute atomic E-state index is 0.324. The van der Waals surface area contributed by atoms with E-state index in [9.17, 15) is 0 Å². The molecule has 1 unspecified atom stereocenters. The van der Waals surface area contributed by atoms with E-state index < -0.39 is 15.8 Å². The third-order valence-electron chi connectivity index (χ3n) is 0.611. The molecule has 4 N–H and O–H groups in total. The molecule has 0 fully saturated rings. The number of hydrogen-bond acceptors (Lipinski definition) is 2. The number of halogens is 2. The predicted molar refractivity (Wildman–Crippen MR) is 51.0 cm³/mol. The van der Waals surface area contributed by atoms with Gasteiger partial charge in [0.05, 0.1) is 0 Å². The first-order valence-corrected chi connectivity index (χ1v) is 11.6. The zero-order valence-electron chi connectivity index (χ0n) is 4.20. The second-order valence-electron chi connectivity index (χ2n) is 1.20. The van der Waals surface area contributed by atoms with Crippen molar-refractivity contribution in [3.05, 3.63) is 0 Å². The summed E-state index contributed by atoms with van der Waals surface area (Å²) in [6.07, 6.45) is 0. The van der Waals surface area contributed by atoms with Crippen molar-refractivity contribution in [1.82, 2.24) is 0 Å². The molecule has 0 radical (unpaired) electrons. The molecule has 0 saturated heterocycles. The Kier molecular flexibility index (Phi) is 5.12. The Morgan fingerprint density at radius 1 is 1.86 bits per heavy atom. The fourth-order valence-electron chi connectivity index (χ4n) is 0.123. The van der Waals surface area contributed by atoms with Crippen molar-refractivity contribution >= 4 is 34.5 Å². The average Bonchev–Trinajstić information content (AvgIpc) is 1.65. The zero-order chi connectivity index (χ0) is 5.86. The van der Waals surface area contributed by atoms with Crippen LogP contribution in [0.5, 0.6) is 0 Å². The maximum absolute atomic E-state index is 5.55. The Morgan fingerprint density at radius 2 is 2.29 bits per heavy atom. The molecule has 0 aromatic carbocycles. The van der Waals surface area contributed by atoms with E-state index in [1.807, 2.05) is 0 Å². The van der Waals surface area contributed by atoms with Crippen LogP contribution in [0.2, 0.25) is 0 Å². The van der Waals surface area contributed by atoms with Gasteiger partial charge in [0.25, 0.3) is 0 Å². The third kappa shape index (κ3) is 3.92. The molecule has 0 saturated carbocycles. The maximum atomic E-state index is 5.55. The summed E-state index contributed by atoms with van der Waals surface area (Å²) in [6, 6.07) is 0. The quantitative estimate of drug-likeness (QED) is 0.446. The Morgan fingerprint density at radius 3 is 2.29 bits per heavy atom. The van der Waals surface area contributed by atoms with Crippen LogP contribution in [0.25, 0.3) is 0 Å². The monoisotopic (exact) mass is 328 g/mol. The van der Waals surface area contributed by atoms with Gasteiger partial charge < -0.3 is 0 Å². The van der Waals surface area contributed by atoms with Gasteiger partial charge in [0, 0.05) is 0 Å². The normalized spacial score (nSPS) is 16.3. The molecule has 0 bridgehead atoms. The summed E-state index contributed by atoms with van der Waals surface area (Å²) in [6.45, 7) is 0.657. The molecule has 0 spiro atoms. The number of rotatable bonds is 2. The number of nitrogens with two attached hydrogens (primary N) is 2. The van der Waals surface area contributed by atoms with Gasteiger partial charge in [-0.15, -0.1) is 0 Å². The molecule has 46 valence electrons. The van der Waals surface area contributed by atoms with Crippen molar-refractivity contribution in [3.8, 4) is 0 Å². The van der Waals surface area contributed by atoms with E-state index >= 15 is 0 Å². The second-order valence-corrected chi connectivity index (χ2v) is 14.0. The van der Waals surface area contributed by atoms with Crippen molar-refractivity contribution in [1.29, 1.82) is 0 Å². The van der Waals surface area contributed by atoms with Crippen LogP contribution in [0.15, 0.2) is 0 Å². The van der Waals surface area contributed by atoms with Gasteiger partial charge in [0.1, 0.15) is 0 Å². The van der Waals surface area contributed by atoms with Gasteiger partial charge in [-0.25, -0.2) is 0 Å². The van der Waals surface area contributed by atoms with Crippen LogP contribution in [-0.4, -0.2) is 15.5 Å². The summed E-state index contributed by atoms with van der Waals surface area (Å²) in [5.74, 6) is 0. The minimum atomic E-state index is -0.787. The Bertz CT molecular complexity index is 48.2. The molecule has 0 aromatic heterocycles. The van der Waals surface area contributed by atoms with Crippen LogP contribution >= 0.6 is 34.5 Å². The molecule has 7 heavy (non-hydrogen) atoms. The summed E-state index contributed by atoms with van der Waals surface area (Å²) in [4.78, 5) is 2.21. The molecule has 0 rings (SSSR count). The first kappa shape index (κ1) is 8.38. The Hall–Kier alpha value is 1.38. The number of hydrogen-bond donors (Lipinski definition) is 2.